The molecule has 0 amide bonds. The maximum atomic E-state index is 13.2. The van der Waals surface area contributed by atoms with Crippen molar-refractivity contribution < 1.29 is 14.3 Å². The van der Waals surface area contributed by atoms with Crippen molar-refractivity contribution in [3.63, 3.8) is 0 Å². The maximum absolute atomic E-state index is 13.2. The number of rotatable bonds is 7. The summed E-state index contributed by atoms with van der Waals surface area (Å²) in [4.78, 5) is 20.1. The van der Waals surface area contributed by atoms with Gasteiger partial charge in [-0.2, -0.15) is 5.11 Å². The molecule has 0 aliphatic carbocycles. The molecule has 4 aromatic rings. The van der Waals surface area contributed by atoms with E-state index in [4.69, 9.17) is 9.47 Å². The van der Waals surface area contributed by atoms with Crippen molar-refractivity contribution in [1.82, 2.24) is 9.47 Å². The number of nitrogens with zero attached hydrogens (tertiary/aromatic N) is 5. The quantitative estimate of drug-likeness (QED) is 0.253. The normalized spacial score (nSPS) is 17.3. The second-order valence-corrected chi connectivity index (χ2v) is 11.0. The largest absolute Gasteiger partial charge is 0.478 e. The molecule has 41 heavy (non-hydrogen) atoms. The molecule has 0 saturated carbocycles. The Kier molecular flexibility index (Phi) is 7.07. The molecule has 8 heteroatoms. The molecule has 7 rings (SSSR count). The molecule has 0 radical (unpaired) electrons. The molecular formula is C33H33N5O3. The zero-order chi connectivity index (χ0) is 27.6. The Morgan fingerprint density at radius 1 is 0.927 bits per heavy atom. The van der Waals surface area contributed by atoms with Gasteiger partial charge in [0.25, 0.3) is 0 Å². The van der Waals surface area contributed by atoms with Gasteiger partial charge in [-0.25, -0.2) is 9.79 Å². The highest BCUT2D eigenvalue weighted by atomic mass is 16.5. The van der Waals surface area contributed by atoms with Crippen LogP contribution < -0.4 is 4.74 Å². The van der Waals surface area contributed by atoms with Gasteiger partial charge in [0.05, 0.1) is 18.7 Å². The van der Waals surface area contributed by atoms with Crippen molar-refractivity contribution in [2.45, 2.75) is 32.4 Å². The number of aryl methyl sites for hydroxylation is 1. The molecule has 8 nitrogen and oxygen atoms in total. The minimum absolute atomic E-state index is 0.274. The molecule has 0 atom stereocenters. The van der Waals surface area contributed by atoms with Crippen LogP contribution in [0, 0.1) is 5.92 Å². The summed E-state index contributed by atoms with van der Waals surface area (Å²) in [6.45, 7) is 5.24. The average Bonchev–Trinajstić information content (AvgIpc) is 3.68. The van der Waals surface area contributed by atoms with Crippen LogP contribution in [0.2, 0.25) is 0 Å². The molecule has 1 fully saturated rings. The highest BCUT2D eigenvalue weighted by Gasteiger charge is 2.28. The summed E-state index contributed by atoms with van der Waals surface area (Å²) >= 11 is 0. The van der Waals surface area contributed by atoms with Gasteiger partial charge < -0.3 is 14.0 Å². The Morgan fingerprint density at radius 3 is 2.51 bits per heavy atom. The van der Waals surface area contributed by atoms with Crippen molar-refractivity contribution in [3.8, 4) is 17.0 Å². The smallest absolute Gasteiger partial charge is 0.344 e. The number of aromatic nitrogens is 1. The molecule has 1 saturated heterocycles. The molecule has 208 valence electrons. The van der Waals surface area contributed by atoms with E-state index in [1.54, 1.807) is 0 Å². The van der Waals surface area contributed by atoms with Crippen molar-refractivity contribution in [1.29, 1.82) is 0 Å². The predicted octanol–water partition coefficient (Wildman–Crippen LogP) is 6.33. The van der Waals surface area contributed by atoms with E-state index in [9.17, 15) is 4.79 Å². The van der Waals surface area contributed by atoms with Crippen molar-refractivity contribution in [2.75, 3.05) is 33.0 Å². The van der Waals surface area contributed by atoms with Gasteiger partial charge in [0.2, 0.25) is 5.88 Å². The van der Waals surface area contributed by atoms with E-state index in [-0.39, 0.29) is 5.97 Å². The van der Waals surface area contributed by atoms with Crippen LogP contribution in [0.4, 0.5) is 0 Å². The zero-order valence-electron chi connectivity index (χ0n) is 23.0. The van der Waals surface area contributed by atoms with Gasteiger partial charge in [-0.3, -0.25) is 4.90 Å². The van der Waals surface area contributed by atoms with E-state index in [1.807, 2.05) is 36.4 Å². The predicted molar refractivity (Wildman–Crippen MR) is 158 cm³/mol. The van der Waals surface area contributed by atoms with E-state index in [2.05, 4.69) is 61.1 Å². The number of piperidine rings is 1. The summed E-state index contributed by atoms with van der Waals surface area (Å²) in [5.74, 6) is 1.46. The molecule has 4 heterocycles. The van der Waals surface area contributed by atoms with Crippen LogP contribution in [0.25, 0.3) is 22.0 Å². The SMILES string of the molecule is O=C(OCC1CCN(Cc2ccc(-c3ccccc3C3=NCN=N3)cc2)CC1)c1c2n(c3ccccc13)CCCO2. The Morgan fingerprint density at radius 2 is 1.71 bits per heavy atom. The number of hydrogen-bond donors (Lipinski definition) is 0. The first-order chi connectivity index (χ1) is 20.2. The Hall–Kier alpha value is -4.30. The standard InChI is InChI=1S/C33H33N5O3/c39-33(30-28-8-3-4-9-29(28)38-16-5-19-40-32(30)38)41-21-24-14-17-37(18-15-24)20-23-10-12-25(13-11-23)26-6-1-2-7-27(26)31-34-22-35-36-31/h1-4,6-13,24H,5,14-22H2. The number of carbonyl (C=O) groups excluding carboxylic acids is 1. The average molecular weight is 548 g/mol. The molecule has 0 spiro atoms. The van der Waals surface area contributed by atoms with Crippen LogP contribution in [0.3, 0.4) is 0 Å². The number of hydrogen-bond acceptors (Lipinski definition) is 7. The third kappa shape index (κ3) is 5.15. The first-order valence-corrected chi connectivity index (χ1v) is 14.5. The number of carbonyl (C=O) groups is 1. The number of para-hydroxylation sites is 1. The Labute approximate surface area is 239 Å². The number of benzene rings is 3. The summed E-state index contributed by atoms with van der Waals surface area (Å²) in [6, 6.07) is 25.0. The highest BCUT2D eigenvalue weighted by molar-refractivity contribution is 6.07. The molecular weight excluding hydrogens is 514 g/mol. The Balaban J connectivity index is 0.941. The van der Waals surface area contributed by atoms with Crippen LogP contribution in [0.15, 0.2) is 88.0 Å². The lowest BCUT2D eigenvalue weighted by Crippen LogP contribution is -2.35. The van der Waals surface area contributed by atoms with Crippen LogP contribution >= 0.6 is 0 Å². The van der Waals surface area contributed by atoms with Crippen LogP contribution in [-0.4, -0.2) is 54.2 Å². The summed E-state index contributed by atoms with van der Waals surface area (Å²) in [5, 5.41) is 9.11. The molecule has 0 bridgehead atoms. The van der Waals surface area contributed by atoms with Crippen LogP contribution in [0.5, 0.6) is 5.88 Å². The fourth-order valence-electron chi connectivity index (χ4n) is 6.16. The number of ether oxygens (including phenoxy) is 2. The second-order valence-electron chi connectivity index (χ2n) is 11.0. The summed E-state index contributed by atoms with van der Waals surface area (Å²) in [5.41, 5.74) is 6.19. The lowest BCUT2D eigenvalue weighted by molar-refractivity contribution is 0.0365. The highest BCUT2D eigenvalue weighted by Crippen LogP contribution is 2.35. The molecule has 0 N–H and O–H groups in total. The lowest BCUT2D eigenvalue weighted by atomic mass is 9.96. The van der Waals surface area contributed by atoms with Gasteiger partial charge in [-0.05, 0) is 61.0 Å². The number of azo groups is 1. The Bertz CT molecular complexity index is 1630. The monoisotopic (exact) mass is 547 g/mol. The van der Waals surface area contributed by atoms with E-state index in [0.29, 0.717) is 43.1 Å². The molecule has 1 aromatic heterocycles. The van der Waals surface area contributed by atoms with Gasteiger partial charge in [0, 0.05) is 24.0 Å². The van der Waals surface area contributed by atoms with Gasteiger partial charge in [-0.15, -0.1) is 5.11 Å². The number of aliphatic imine (C=N–C) groups is 1. The fraction of sp³-hybridized carbons (Fsp3) is 0.333. The van der Waals surface area contributed by atoms with Crippen molar-refractivity contribution >= 4 is 22.7 Å². The maximum Gasteiger partial charge on any atom is 0.344 e. The first kappa shape index (κ1) is 25.7. The van der Waals surface area contributed by atoms with Gasteiger partial charge >= 0.3 is 5.97 Å². The van der Waals surface area contributed by atoms with Crippen LogP contribution in [0.1, 0.15) is 40.7 Å². The second kappa shape index (κ2) is 11.3. The number of esters is 1. The molecule has 3 aliphatic heterocycles. The van der Waals surface area contributed by atoms with Crippen LogP contribution in [-0.2, 0) is 17.8 Å². The third-order valence-electron chi connectivity index (χ3n) is 8.34. The van der Waals surface area contributed by atoms with Gasteiger partial charge in [0.15, 0.2) is 12.5 Å². The number of amidine groups is 1. The van der Waals surface area contributed by atoms with Gasteiger partial charge in [0.1, 0.15) is 5.56 Å². The third-order valence-corrected chi connectivity index (χ3v) is 8.34. The fourth-order valence-corrected chi connectivity index (χ4v) is 6.16. The summed E-state index contributed by atoms with van der Waals surface area (Å²) in [7, 11) is 0. The van der Waals surface area contributed by atoms with Crippen molar-refractivity contribution in [2.24, 2.45) is 21.1 Å². The zero-order valence-corrected chi connectivity index (χ0v) is 23.0. The number of fused-ring (bicyclic) bond motifs is 3. The number of likely N-dealkylation sites (tertiary alicyclic amines) is 1. The minimum atomic E-state index is -0.274. The van der Waals surface area contributed by atoms with Gasteiger partial charge in [-0.1, -0.05) is 66.7 Å². The molecule has 3 aromatic carbocycles. The lowest BCUT2D eigenvalue weighted by Gasteiger charge is -2.31. The topological polar surface area (TPSA) is 80.8 Å². The summed E-state index contributed by atoms with van der Waals surface area (Å²) < 4.78 is 13.9. The van der Waals surface area contributed by atoms with E-state index in [1.165, 1.54) is 5.56 Å². The van der Waals surface area contributed by atoms with E-state index in [0.717, 1.165) is 73.0 Å². The van der Waals surface area contributed by atoms with E-state index >= 15 is 0 Å². The van der Waals surface area contributed by atoms with Crippen molar-refractivity contribution in [3.05, 3.63) is 89.5 Å². The molecule has 0 unspecified atom stereocenters. The first-order valence-electron chi connectivity index (χ1n) is 14.5. The summed E-state index contributed by atoms with van der Waals surface area (Å²) in [6.07, 6.45) is 2.97. The minimum Gasteiger partial charge on any atom is -0.478 e. The molecule has 3 aliphatic rings. The van der Waals surface area contributed by atoms with E-state index < -0.39 is 0 Å².